The molecule has 1 aliphatic heterocycles. The summed E-state index contributed by atoms with van der Waals surface area (Å²) in [6.07, 6.45) is 0.554. The van der Waals surface area contributed by atoms with Crippen molar-refractivity contribution in [1.29, 1.82) is 0 Å². The lowest BCUT2D eigenvalue weighted by Crippen LogP contribution is -2.51. The van der Waals surface area contributed by atoms with Gasteiger partial charge in [-0.15, -0.1) is 11.3 Å². The Morgan fingerprint density at radius 2 is 2.10 bits per heavy atom. The van der Waals surface area contributed by atoms with E-state index in [1.165, 1.54) is 16.7 Å². The molecule has 1 aliphatic rings. The van der Waals surface area contributed by atoms with Gasteiger partial charge in [-0.05, 0) is 6.54 Å². The lowest BCUT2D eigenvalue weighted by atomic mass is 10.3. The van der Waals surface area contributed by atoms with Gasteiger partial charge in [0.05, 0.1) is 5.01 Å². The van der Waals surface area contributed by atoms with Crippen molar-refractivity contribution >= 4 is 23.3 Å². The van der Waals surface area contributed by atoms with E-state index in [0.717, 1.165) is 37.7 Å². The molecule has 2 N–H and O–H groups in total. The van der Waals surface area contributed by atoms with Crippen LogP contribution in [-0.2, 0) is 6.42 Å². The lowest BCUT2D eigenvalue weighted by molar-refractivity contribution is 0.0691. The largest absolute Gasteiger partial charge is 0.476 e. The molecule has 1 saturated heterocycles. The zero-order chi connectivity index (χ0) is 15.2. The minimum absolute atomic E-state index is 0.0548. The molecule has 21 heavy (non-hydrogen) atoms. The fourth-order valence-electron chi connectivity index (χ4n) is 2.18. The fourth-order valence-corrected chi connectivity index (χ4v) is 2.95. The van der Waals surface area contributed by atoms with Crippen LogP contribution in [0.25, 0.3) is 0 Å². The van der Waals surface area contributed by atoms with Crippen molar-refractivity contribution < 1.29 is 14.7 Å². The summed E-state index contributed by atoms with van der Waals surface area (Å²) >= 11 is 1.30. The van der Waals surface area contributed by atoms with E-state index in [4.69, 9.17) is 5.11 Å². The molecule has 8 heteroatoms. The average molecular weight is 312 g/mol. The van der Waals surface area contributed by atoms with Gasteiger partial charge in [-0.2, -0.15) is 0 Å². The van der Waals surface area contributed by atoms with E-state index in [1.807, 2.05) is 4.90 Å². The van der Waals surface area contributed by atoms with E-state index in [9.17, 15) is 9.59 Å². The highest BCUT2D eigenvalue weighted by molar-refractivity contribution is 7.09. The van der Waals surface area contributed by atoms with E-state index < -0.39 is 5.97 Å². The number of likely N-dealkylation sites (N-methyl/N-ethyl adjacent to an activating group) is 1. The maximum absolute atomic E-state index is 12.0. The number of nitrogens with one attached hydrogen (secondary N) is 1. The maximum atomic E-state index is 12.0. The predicted octanol–water partition coefficient (Wildman–Crippen LogP) is 0.731. The molecule has 2 amide bonds. The topological polar surface area (TPSA) is 85.8 Å². The number of nitrogens with zero attached hydrogens (tertiary/aromatic N) is 3. The number of thiazole rings is 1. The van der Waals surface area contributed by atoms with Crippen LogP contribution in [0.5, 0.6) is 0 Å². The van der Waals surface area contributed by atoms with E-state index >= 15 is 0 Å². The highest BCUT2D eigenvalue weighted by Crippen LogP contribution is 2.10. The van der Waals surface area contributed by atoms with Crippen molar-refractivity contribution in [2.45, 2.75) is 13.3 Å². The lowest BCUT2D eigenvalue weighted by Gasteiger charge is -2.33. The second-order valence-electron chi connectivity index (χ2n) is 4.83. The summed E-state index contributed by atoms with van der Waals surface area (Å²) in [6, 6.07) is -0.0548. The van der Waals surface area contributed by atoms with Gasteiger partial charge in [0.25, 0.3) is 0 Å². The van der Waals surface area contributed by atoms with Crippen molar-refractivity contribution in [2.75, 3.05) is 39.3 Å². The zero-order valence-electron chi connectivity index (χ0n) is 12.0. The third-order valence-electron chi connectivity index (χ3n) is 3.49. The highest BCUT2D eigenvalue weighted by atomic mass is 32.1. The number of amides is 2. The molecule has 0 unspecified atom stereocenters. The molecule has 0 saturated carbocycles. The summed E-state index contributed by atoms with van der Waals surface area (Å²) in [5, 5.41) is 13.9. The Kier molecular flexibility index (Phi) is 5.51. The number of carbonyl (C=O) groups is 2. The molecule has 0 radical (unpaired) electrons. The second kappa shape index (κ2) is 7.37. The summed E-state index contributed by atoms with van der Waals surface area (Å²) in [5.74, 6) is -1.02. The number of hydrogen-bond donors (Lipinski definition) is 2. The average Bonchev–Trinajstić information content (AvgIpc) is 2.96. The van der Waals surface area contributed by atoms with Gasteiger partial charge in [-0.1, -0.05) is 6.92 Å². The molecule has 2 heterocycles. The van der Waals surface area contributed by atoms with E-state index in [-0.39, 0.29) is 11.7 Å². The summed E-state index contributed by atoms with van der Waals surface area (Å²) in [4.78, 5) is 30.8. The van der Waals surface area contributed by atoms with Crippen molar-refractivity contribution in [3.8, 4) is 0 Å². The Balaban J connectivity index is 1.70. The molecular weight excluding hydrogens is 292 g/mol. The Morgan fingerprint density at radius 1 is 1.38 bits per heavy atom. The second-order valence-corrected chi connectivity index (χ2v) is 5.78. The Hall–Kier alpha value is -1.67. The summed E-state index contributed by atoms with van der Waals surface area (Å²) < 4.78 is 0. The molecule has 2 rings (SSSR count). The number of rotatable bonds is 5. The monoisotopic (exact) mass is 312 g/mol. The van der Waals surface area contributed by atoms with Crippen LogP contribution in [0.3, 0.4) is 0 Å². The van der Waals surface area contributed by atoms with Crippen molar-refractivity contribution in [2.24, 2.45) is 0 Å². The first-order chi connectivity index (χ1) is 10.1. The van der Waals surface area contributed by atoms with Crippen LogP contribution in [0.1, 0.15) is 22.4 Å². The van der Waals surface area contributed by atoms with Crippen LogP contribution >= 0.6 is 11.3 Å². The molecule has 0 atom stereocenters. The molecule has 1 fully saturated rings. The number of aromatic carboxylic acids is 1. The molecule has 0 bridgehead atoms. The van der Waals surface area contributed by atoms with Gasteiger partial charge in [-0.25, -0.2) is 14.6 Å². The molecule has 1 aromatic heterocycles. The summed E-state index contributed by atoms with van der Waals surface area (Å²) in [5.41, 5.74) is 0.0667. The van der Waals surface area contributed by atoms with Gasteiger partial charge in [0, 0.05) is 44.5 Å². The molecule has 116 valence electrons. The zero-order valence-corrected chi connectivity index (χ0v) is 12.9. The van der Waals surface area contributed by atoms with Crippen molar-refractivity contribution in [1.82, 2.24) is 20.1 Å². The normalized spacial score (nSPS) is 16.0. The van der Waals surface area contributed by atoms with Crippen LogP contribution in [0.4, 0.5) is 4.79 Å². The smallest absolute Gasteiger partial charge is 0.355 e. The Labute approximate surface area is 127 Å². The first-order valence-electron chi connectivity index (χ1n) is 7.03. The number of urea groups is 1. The van der Waals surface area contributed by atoms with E-state index in [2.05, 4.69) is 22.1 Å². The minimum atomic E-state index is -1.02. The molecule has 0 spiro atoms. The quantitative estimate of drug-likeness (QED) is 0.837. The number of carboxylic acids is 1. The number of carbonyl (C=O) groups excluding carboxylic acids is 1. The fraction of sp³-hybridized carbons (Fsp3) is 0.615. The molecular formula is C13H20N4O3S. The van der Waals surface area contributed by atoms with Gasteiger partial charge in [0.15, 0.2) is 5.69 Å². The van der Waals surface area contributed by atoms with Gasteiger partial charge >= 0.3 is 12.0 Å². The third-order valence-corrected chi connectivity index (χ3v) is 4.40. The maximum Gasteiger partial charge on any atom is 0.355 e. The van der Waals surface area contributed by atoms with Gasteiger partial charge in [-0.3, -0.25) is 0 Å². The van der Waals surface area contributed by atoms with E-state index in [1.54, 1.807) is 0 Å². The molecule has 1 aromatic rings. The van der Waals surface area contributed by atoms with E-state index in [0.29, 0.717) is 13.0 Å². The Bertz CT molecular complexity index is 497. The predicted molar refractivity (Wildman–Crippen MR) is 79.9 cm³/mol. The third kappa shape index (κ3) is 4.40. The molecule has 0 aromatic carbocycles. The highest BCUT2D eigenvalue weighted by Gasteiger charge is 2.19. The van der Waals surface area contributed by atoms with Crippen LogP contribution < -0.4 is 5.32 Å². The first-order valence-corrected chi connectivity index (χ1v) is 7.91. The molecule has 7 nitrogen and oxygen atoms in total. The van der Waals surface area contributed by atoms with Gasteiger partial charge < -0.3 is 20.2 Å². The van der Waals surface area contributed by atoms with Gasteiger partial charge in [0.2, 0.25) is 0 Å². The van der Waals surface area contributed by atoms with Crippen LogP contribution in [0.2, 0.25) is 0 Å². The molecule has 0 aliphatic carbocycles. The first kappa shape index (κ1) is 15.7. The number of hydrogen-bond acceptors (Lipinski definition) is 5. The van der Waals surface area contributed by atoms with Crippen LogP contribution in [0, 0.1) is 0 Å². The number of carboxylic acid groups (broad SMARTS) is 1. The van der Waals surface area contributed by atoms with Crippen molar-refractivity contribution in [3.05, 3.63) is 16.1 Å². The van der Waals surface area contributed by atoms with Gasteiger partial charge in [0.1, 0.15) is 0 Å². The summed E-state index contributed by atoms with van der Waals surface area (Å²) in [6.45, 7) is 6.94. The minimum Gasteiger partial charge on any atom is -0.476 e. The van der Waals surface area contributed by atoms with Crippen LogP contribution in [-0.4, -0.2) is 71.2 Å². The number of piperazine rings is 1. The summed E-state index contributed by atoms with van der Waals surface area (Å²) in [7, 11) is 0. The number of aromatic nitrogens is 1. The van der Waals surface area contributed by atoms with Crippen molar-refractivity contribution in [3.63, 3.8) is 0 Å². The standard InChI is InChI=1S/C13H20N4O3S/c1-2-16-5-7-17(8-6-16)13(20)14-4-3-11-15-10(9-21-11)12(18)19/h9H,2-8H2,1H3,(H,14,20)(H,18,19). The van der Waals surface area contributed by atoms with Crippen LogP contribution in [0.15, 0.2) is 5.38 Å². The SMILES string of the molecule is CCN1CCN(C(=O)NCCc2nc(C(=O)O)cs2)CC1. The Morgan fingerprint density at radius 3 is 2.67 bits per heavy atom.